The van der Waals surface area contributed by atoms with Crippen LogP contribution in [0.25, 0.3) is 5.69 Å². The molecule has 0 aliphatic carbocycles. The molecule has 6 nitrogen and oxygen atoms in total. The van der Waals surface area contributed by atoms with E-state index in [9.17, 15) is 9.18 Å². The van der Waals surface area contributed by atoms with Gasteiger partial charge in [-0.3, -0.25) is 9.48 Å². The van der Waals surface area contributed by atoms with Crippen molar-refractivity contribution in [3.63, 3.8) is 0 Å². The monoisotopic (exact) mass is 403 g/mol. The van der Waals surface area contributed by atoms with Gasteiger partial charge < -0.3 is 4.90 Å². The summed E-state index contributed by atoms with van der Waals surface area (Å²) >= 11 is 0. The van der Waals surface area contributed by atoms with Gasteiger partial charge in [-0.25, -0.2) is 9.07 Å². The van der Waals surface area contributed by atoms with E-state index < -0.39 is 0 Å². The van der Waals surface area contributed by atoms with E-state index in [0.717, 1.165) is 5.56 Å². The normalized spacial score (nSPS) is 10.9. The maximum atomic E-state index is 13.2. The molecule has 0 bridgehead atoms. The van der Waals surface area contributed by atoms with E-state index in [1.165, 1.54) is 17.7 Å². The molecule has 152 valence electrons. The van der Waals surface area contributed by atoms with Crippen LogP contribution in [0.5, 0.6) is 0 Å². The Bertz CT molecular complexity index is 1150. The van der Waals surface area contributed by atoms with Crippen LogP contribution in [0.2, 0.25) is 0 Å². The first-order valence-corrected chi connectivity index (χ1v) is 9.62. The van der Waals surface area contributed by atoms with Crippen molar-refractivity contribution in [2.24, 2.45) is 0 Å². The number of benzene rings is 2. The van der Waals surface area contributed by atoms with E-state index in [1.54, 1.807) is 41.2 Å². The Morgan fingerprint density at radius 3 is 2.47 bits per heavy atom. The lowest BCUT2D eigenvalue weighted by molar-refractivity contribution is 0.0784. The minimum atomic E-state index is -0.313. The summed E-state index contributed by atoms with van der Waals surface area (Å²) in [5.41, 5.74) is 4.04. The number of carbonyl (C=O) groups excluding carboxylic acids is 1. The summed E-state index contributed by atoms with van der Waals surface area (Å²) in [5, 5.41) is 8.70. The fourth-order valence-corrected chi connectivity index (χ4v) is 3.36. The molecule has 4 rings (SSSR count). The summed E-state index contributed by atoms with van der Waals surface area (Å²) in [6.45, 7) is 2.95. The second-order valence-electron chi connectivity index (χ2n) is 7.22. The lowest BCUT2D eigenvalue weighted by Crippen LogP contribution is -2.26. The van der Waals surface area contributed by atoms with Crippen molar-refractivity contribution in [3.8, 4) is 5.69 Å². The lowest BCUT2D eigenvalue weighted by atomic mass is 10.2. The van der Waals surface area contributed by atoms with E-state index in [2.05, 4.69) is 22.3 Å². The van der Waals surface area contributed by atoms with Crippen LogP contribution in [-0.2, 0) is 13.1 Å². The molecule has 30 heavy (non-hydrogen) atoms. The van der Waals surface area contributed by atoms with Gasteiger partial charge in [0.05, 0.1) is 35.9 Å². The summed E-state index contributed by atoms with van der Waals surface area (Å²) in [5.74, 6) is -0.441. The third-order valence-electron chi connectivity index (χ3n) is 4.95. The van der Waals surface area contributed by atoms with Gasteiger partial charge in [0.1, 0.15) is 5.82 Å². The first-order valence-electron chi connectivity index (χ1n) is 9.62. The van der Waals surface area contributed by atoms with Crippen LogP contribution in [0.3, 0.4) is 0 Å². The molecule has 0 radical (unpaired) electrons. The highest BCUT2D eigenvalue weighted by Gasteiger charge is 2.19. The van der Waals surface area contributed by atoms with Crippen molar-refractivity contribution >= 4 is 5.91 Å². The fourth-order valence-electron chi connectivity index (χ4n) is 3.36. The van der Waals surface area contributed by atoms with Crippen LogP contribution in [-0.4, -0.2) is 37.4 Å². The first-order chi connectivity index (χ1) is 14.5. The Morgan fingerprint density at radius 2 is 1.73 bits per heavy atom. The van der Waals surface area contributed by atoms with Crippen LogP contribution in [0.4, 0.5) is 4.39 Å². The smallest absolute Gasteiger partial charge is 0.257 e. The third-order valence-corrected chi connectivity index (χ3v) is 4.95. The van der Waals surface area contributed by atoms with E-state index in [4.69, 9.17) is 0 Å². The van der Waals surface area contributed by atoms with E-state index >= 15 is 0 Å². The zero-order valence-electron chi connectivity index (χ0n) is 16.9. The number of rotatable bonds is 6. The molecule has 2 heterocycles. The van der Waals surface area contributed by atoms with Crippen LogP contribution in [0.15, 0.2) is 73.2 Å². The zero-order chi connectivity index (χ0) is 21.1. The van der Waals surface area contributed by atoms with Crippen molar-refractivity contribution in [3.05, 3.63) is 101 Å². The molecule has 2 aromatic carbocycles. The molecule has 0 aliphatic heterocycles. The molecule has 0 aliphatic rings. The topological polar surface area (TPSA) is 56.0 Å². The average molecular weight is 403 g/mol. The minimum Gasteiger partial charge on any atom is -0.337 e. The van der Waals surface area contributed by atoms with Gasteiger partial charge in [0.2, 0.25) is 0 Å². The molecule has 4 aromatic rings. The summed E-state index contributed by atoms with van der Waals surface area (Å²) in [6, 6.07) is 16.1. The molecule has 0 saturated heterocycles. The summed E-state index contributed by atoms with van der Waals surface area (Å²) in [7, 11) is 1.76. The van der Waals surface area contributed by atoms with Crippen LogP contribution < -0.4 is 0 Å². The standard InChI is InChI=1S/C23H22FN5O/c1-17-22(13-26-29(17)21-10-8-20(24)9-11-21)23(30)27(2)14-19-12-25-28(16-19)15-18-6-4-3-5-7-18/h3-13,16H,14-15H2,1-2H3. The van der Waals surface area contributed by atoms with E-state index in [1.807, 2.05) is 36.0 Å². The highest BCUT2D eigenvalue weighted by atomic mass is 19.1. The van der Waals surface area contributed by atoms with Crippen molar-refractivity contribution in [2.45, 2.75) is 20.0 Å². The molecule has 0 atom stereocenters. The Labute approximate surface area is 174 Å². The number of aromatic nitrogens is 4. The Hall–Kier alpha value is -3.74. The first kappa shape index (κ1) is 19.6. The third kappa shape index (κ3) is 4.15. The van der Waals surface area contributed by atoms with Crippen molar-refractivity contribution in [1.82, 2.24) is 24.5 Å². The van der Waals surface area contributed by atoms with Crippen molar-refractivity contribution in [2.75, 3.05) is 7.05 Å². The Morgan fingerprint density at radius 1 is 1.00 bits per heavy atom. The molecular formula is C23H22FN5O. The molecule has 1 amide bonds. The van der Waals surface area contributed by atoms with Gasteiger partial charge in [0, 0.05) is 25.4 Å². The largest absolute Gasteiger partial charge is 0.337 e. The lowest BCUT2D eigenvalue weighted by Gasteiger charge is -2.16. The molecule has 7 heteroatoms. The van der Waals surface area contributed by atoms with Gasteiger partial charge in [0.15, 0.2) is 0 Å². The van der Waals surface area contributed by atoms with Crippen LogP contribution in [0.1, 0.15) is 27.2 Å². The number of halogens is 1. The predicted molar refractivity (Wildman–Crippen MR) is 112 cm³/mol. The molecule has 0 unspecified atom stereocenters. The van der Waals surface area contributed by atoms with Crippen LogP contribution >= 0.6 is 0 Å². The van der Waals surface area contributed by atoms with Crippen molar-refractivity contribution in [1.29, 1.82) is 0 Å². The Kier molecular flexibility index (Phi) is 5.43. The number of nitrogens with zero attached hydrogens (tertiary/aromatic N) is 5. The molecule has 0 fully saturated rings. The number of hydrogen-bond donors (Lipinski definition) is 0. The van der Waals surface area contributed by atoms with E-state index in [0.29, 0.717) is 30.0 Å². The quantitative estimate of drug-likeness (QED) is 0.492. The Balaban J connectivity index is 1.45. The highest BCUT2D eigenvalue weighted by Crippen LogP contribution is 2.17. The van der Waals surface area contributed by atoms with Gasteiger partial charge in [-0.1, -0.05) is 30.3 Å². The second-order valence-corrected chi connectivity index (χ2v) is 7.22. The fraction of sp³-hybridized carbons (Fsp3) is 0.174. The number of hydrogen-bond acceptors (Lipinski definition) is 3. The highest BCUT2D eigenvalue weighted by molar-refractivity contribution is 5.95. The number of carbonyl (C=O) groups is 1. The molecule has 2 aromatic heterocycles. The van der Waals surface area contributed by atoms with Gasteiger partial charge in [0.25, 0.3) is 5.91 Å². The maximum absolute atomic E-state index is 13.2. The van der Waals surface area contributed by atoms with Crippen molar-refractivity contribution < 1.29 is 9.18 Å². The second kappa shape index (κ2) is 8.32. The number of amides is 1. The van der Waals surface area contributed by atoms with Gasteiger partial charge in [-0.15, -0.1) is 0 Å². The average Bonchev–Trinajstić information content (AvgIpc) is 3.35. The SMILES string of the molecule is Cc1c(C(=O)N(C)Cc2cnn(Cc3ccccc3)c2)cnn1-c1ccc(F)cc1. The molecule has 0 N–H and O–H groups in total. The van der Waals surface area contributed by atoms with Crippen LogP contribution in [0, 0.1) is 12.7 Å². The molecule has 0 saturated carbocycles. The summed E-state index contributed by atoms with van der Waals surface area (Å²) < 4.78 is 16.7. The van der Waals surface area contributed by atoms with Gasteiger partial charge >= 0.3 is 0 Å². The summed E-state index contributed by atoms with van der Waals surface area (Å²) in [6.07, 6.45) is 5.28. The molecule has 0 spiro atoms. The summed E-state index contributed by atoms with van der Waals surface area (Å²) in [4.78, 5) is 14.6. The predicted octanol–water partition coefficient (Wildman–Crippen LogP) is 3.84. The minimum absolute atomic E-state index is 0.128. The van der Waals surface area contributed by atoms with E-state index in [-0.39, 0.29) is 11.7 Å². The van der Waals surface area contributed by atoms with Gasteiger partial charge in [-0.05, 0) is 36.8 Å². The molecular weight excluding hydrogens is 381 g/mol. The maximum Gasteiger partial charge on any atom is 0.257 e. The van der Waals surface area contributed by atoms with Gasteiger partial charge in [-0.2, -0.15) is 10.2 Å². The zero-order valence-corrected chi connectivity index (χ0v) is 16.9.